The van der Waals surface area contributed by atoms with E-state index in [1.54, 1.807) is 19.9 Å². The number of cyclic esters (lactones) is 2. The highest BCUT2D eigenvalue weighted by Crippen LogP contribution is 2.67. The van der Waals surface area contributed by atoms with Crippen LogP contribution in [0.25, 0.3) is 0 Å². The Kier molecular flexibility index (Phi) is 7.87. The summed E-state index contributed by atoms with van der Waals surface area (Å²) in [5.41, 5.74) is -0.789. The highest BCUT2D eigenvalue weighted by molar-refractivity contribution is 5.96. The van der Waals surface area contributed by atoms with Gasteiger partial charge in [0.05, 0.1) is 31.1 Å². The van der Waals surface area contributed by atoms with Crippen LogP contribution in [0.3, 0.4) is 0 Å². The zero-order chi connectivity index (χ0) is 31.6. The molecule has 5 rings (SSSR count). The van der Waals surface area contributed by atoms with E-state index in [0.717, 1.165) is 5.57 Å². The van der Waals surface area contributed by atoms with Gasteiger partial charge in [-0.2, -0.15) is 0 Å². The standard InChI is InChI=1S/C33H42O10/c1-8-16(2)22(34)15-41-28-18-11-17-20(33(6,27(18)38)23(31(28,3)4)14-24(35)40-7)9-10-32(5)21(17)13-26(37)42-29(32)19-12-25(36)43-30(19)39/h8,11-12,18,20-21,23,25,28-29,36H,9-10,13-15H2,1-7H3/b16-8+/t18?,20-,21-,23-,25?,28+,29-,32+,33+/m0/s1. The number of esters is 3. The molecule has 3 aliphatic carbocycles. The fraction of sp³-hybridized carbons (Fsp3) is 0.667. The first kappa shape index (κ1) is 31.3. The van der Waals surface area contributed by atoms with Gasteiger partial charge in [-0.05, 0) is 61.5 Å². The predicted molar refractivity (Wildman–Crippen MR) is 152 cm³/mol. The first-order valence-corrected chi connectivity index (χ1v) is 15.0. The van der Waals surface area contributed by atoms with E-state index < -0.39 is 64.5 Å². The van der Waals surface area contributed by atoms with Crippen molar-refractivity contribution in [2.45, 2.75) is 85.7 Å². The van der Waals surface area contributed by atoms with Crippen LogP contribution >= 0.6 is 0 Å². The molecule has 234 valence electrons. The van der Waals surface area contributed by atoms with Crippen LogP contribution in [-0.4, -0.2) is 66.8 Å². The van der Waals surface area contributed by atoms with Gasteiger partial charge in [0.1, 0.15) is 18.5 Å². The number of carbonyl (C=O) groups is 5. The molecule has 2 aliphatic heterocycles. The second kappa shape index (κ2) is 10.8. The largest absolute Gasteiger partial charge is 0.469 e. The fourth-order valence-electron chi connectivity index (χ4n) is 8.86. The van der Waals surface area contributed by atoms with Crippen LogP contribution in [0.1, 0.15) is 67.2 Å². The third kappa shape index (κ3) is 4.72. The average molecular weight is 599 g/mol. The van der Waals surface area contributed by atoms with E-state index in [1.165, 1.54) is 13.2 Å². The third-order valence-electron chi connectivity index (χ3n) is 11.3. The number of hydrogen-bond donors (Lipinski definition) is 1. The normalized spacial score (nSPS) is 40.0. The summed E-state index contributed by atoms with van der Waals surface area (Å²) >= 11 is 0. The molecule has 2 heterocycles. The van der Waals surface area contributed by atoms with E-state index in [9.17, 15) is 29.1 Å². The van der Waals surface area contributed by atoms with Crippen LogP contribution in [-0.2, 0) is 42.9 Å². The molecule has 0 aromatic rings. The molecule has 9 atom stereocenters. The number of Topliss-reactive ketones (excluding diaryl/α,β-unsaturated/α-hetero) is 2. The number of rotatable bonds is 7. The number of carbonyl (C=O) groups excluding carboxylic acids is 5. The van der Waals surface area contributed by atoms with E-state index >= 15 is 0 Å². The summed E-state index contributed by atoms with van der Waals surface area (Å²) in [7, 11) is 1.32. The molecule has 0 spiro atoms. The van der Waals surface area contributed by atoms with Crippen molar-refractivity contribution in [2.75, 3.05) is 13.7 Å². The van der Waals surface area contributed by atoms with E-state index in [1.807, 2.05) is 33.8 Å². The lowest BCUT2D eigenvalue weighted by atomic mass is 9.40. The summed E-state index contributed by atoms with van der Waals surface area (Å²) in [5, 5.41) is 9.96. The Labute approximate surface area is 251 Å². The van der Waals surface area contributed by atoms with Crippen molar-refractivity contribution in [3.05, 3.63) is 34.9 Å². The molecule has 1 N–H and O–H groups in total. The van der Waals surface area contributed by atoms with Crippen molar-refractivity contribution in [3.8, 4) is 0 Å². The lowest BCUT2D eigenvalue weighted by Gasteiger charge is -2.64. The number of ether oxygens (including phenoxy) is 4. The van der Waals surface area contributed by atoms with Gasteiger partial charge < -0.3 is 24.1 Å². The Bertz CT molecular complexity index is 1350. The smallest absolute Gasteiger partial charge is 0.340 e. The van der Waals surface area contributed by atoms with Gasteiger partial charge in [-0.3, -0.25) is 19.2 Å². The summed E-state index contributed by atoms with van der Waals surface area (Å²) in [6.45, 7) is 11.1. The zero-order valence-corrected chi connectivity index (χ0v) is 25.9. The molecule has 2 unspecified atom stereocenters. The Morgan fingerprint density at radius 3 is 2.40 bits per heavy atom. The minimum atomic E-state index is -1.40. The maximum atomic E-state index is 14.5. The van der Waals surface area contributed by atoms with Gasteiger partial charge in [0, 0.05) is 17.3 Å². The molecule has 2 bridgehead atoms. The number of ketones is 2. The average Bonchev–Trinajstić information content (AvgIpc) is 3.29. The minimum Gasteiger partial charge on any atom is -0.469 e. The maximum absolute atomic E-state index is 14.5. The number of allylic oxidation sites excluding steroid dienone is 2. The Morgan fingerprint density at radius 1 is 1.09 bits per heavy atom. The van der Waals surface area contributed by atoms with Crippen molar-refractivity contribution in [2.24, 2.45) is 39.9 Å². The summed E-state index contributed by atoms with van der Waals surface area (Å²) < 4.78 is 22.1. The third-order valence-corrected chi connectivity index (χ3v) is 11.3. The van der Waals surface area contributed by atoms with Crippen LogP contribution in [0.4, 0.5) is 0 Å². The van der Waals surface area contributed by atoms with Crippen molar-refractivity contribution in [1.29, 1.82) is 0 Å². The van der Waals surface area contributed by atoms with Crippen LogP contribution in [0, 0.1) is 39.9 Å². The zero-order valence-electron chi connectivity index (χ0n) is 25.9. The maximum Gasteiger partial charge on any atom is 0.340 e. The van der Waals surface area contributed by atoms with Crippen LogP contribution in [0.2, 0.25) is 0 Å². The van der Waals surface area contributed by atoms with Gasteiger partial charge in [-0.25, -0.2) is 4.79 Å². The monoisotopic (exact) mass is 598 g/mol. The van der Waals surface area contributed by atoms with E-state index in [2.05, 4.69) is 0 Å². The van der Waals surface area contributed by atoms with Gasteiger partial charge in [0.25, 0.3) is 0 Å². The number of hydrogen-bond acceptors (Lipinski definition) is 10. The highest BCUT2D eigenvalue weighted by Gasteiger charge is 2.68. The van der Waals surface area contributed by atoms with Gasteiger partial charge >= 0.3 is 17.9 Å². The van der Waals surface area contributed by atoms with Crippen LogP contribution < -0.4 is 0 Å². The van der Waals surface area contributed by atoms with Gasteiger partial charge in [0.2, 0.25) is 6.29 Å². The predicted octanol–water partition coefficient (Wildman–Crippen LogP) is 3.41. The van der Waals surface area contributed by atoms with Gasteiger partial charge in [0.15, 0.2) is 5.78 Å². The van der Waals surface area contributed by atoms with E-state index in [0.29, 0.717) is 18.4 Å². The van der Waals surface area contributed by atoms with Crippen molar-refractivity contribution in [3.63, 3.8) is 0 Å². The molecule has 10 heteroatoms. The van der Waals surface area contributed by atoms with E-state index in [4.69, 9.17) is 18.9 Å². The Morgan fingerprint density at radius 2 is 1.79 bits per heavy atom. The second-order valence-corrected chi connectivity index (χ2v) is 13.8. The summed E-state index contributed by atoms with van der Waals surface area (Å²) in [6.07, 6.45) is 3.05. The van der Waals surface area contributed by atoms with Crippen molar-refractivity contribution < 1.29 is 48.0 Å². The molecule has 0 amide bonds. The first-order chi connectivity index (χ1) is 20.1. The quantitative estimate of drug-likeness (QED) is 0.200. The lowest BCUT2D eigenvalue weighted by molar-refractivity contribution is -0.192. The van der Waals surface area contributed by atoms with Crippen LogP contribution in [0.15, 0.2) is 34.9 Å². The lowest BCUT2D eigenvalue weighted by Crippen LogP contribution is -2.67. The molecular weight excluding hydrogens is 556 g/mol. The van der Waals surface area contributed by atoms with E-state index in [-0.39, 0.29) is 48.4 Å². The second-order valence-electron chi connectivity index (χ2n) is 13.8. The number of aliphatic hydroxyl groups excluding tert-OH is 1. The summed E-state index contributed by atoms with van der Waals surface area (Å²) in [6, 6.07) is 0. The molecule has 43 heavy (non-hydrogen) atoms. The summed E-state index contributed by atoms with van der Waals surface area (Å²) in [5.74, 6) is -3.70. The molecule has 1 saturated heterocycles. The Balaban J connectivity index is 1.62. The topological polar surface area (TPSA) is 142 Å². The molecule has 0 radical (unpaired) electrons. The van der Waals surface area contributed by atoms with Crippen molar-refractivity contribution >= 4 is 29.5 Å². The molecule has 2 saturated carbocycles. The van der Waals surface area contributed by atoms with Gasteiger partial charge in [-0.1, -0.05) is 45.4 Å². The SMILES string of the molecule is C/C=C(\C)C(=O)CO[C@@H]1C2C=C3[C@@H]4CC(=O)O[C@@H](C5=CC(O)OC5=O)[C@]4(C)CC[C@@H]3[C@@](C)(C2=O)[C@@H](CC(=O)OC)C1(C)C. The molecular formula is C33H42O10. The number of methoxy groups -OCH3 is 1. The van der Waals surface area contributed by atoms with Crippen molar-refractivity contribution in [1.82, 2.24) is 0 Å². The molecule has 5 aliphatic rings. The molecule has 0 aromatic carbocycles. The minimum absolute atomic E-state index is 0.00679. The molecule has 3 fully saturated rings. The molecule has 0 aromatic heterocycles. The van der Waals surface area contributed by atoms with Crippen LogP contribution in [0.5, 0.6) is 0 Å². The number of fused-ring (bicyclic) bond motifs is 6. The highest BCUT2D eigenvalue weighted by atomic mass is 16.6. The molecule has 10 nitrogen and oxygen atoms in total. The summed E-state index contributed by atoms with van der Waals surface area (Å²) in [4.78, 5) is 65.8. The fourth-order valence-corrected chi connectivity index (χ4v) is 8.86. The number of aliphatic hydroxyl groups is 1. The van der Waals surface area contributed by atoms with Gasteiger partial charge in [-0.15, -0.1) is 0 Å². The Hall–Kier alpha value is -3.11. The first-order valence-electron chi connectivity index (χ1n) is 15.0.